The van der Waals surface area contributed by atoms with E-state index in [-0.39, 0.29) is 42.8 Å². The smallest absolute Gasteiger partial charge is 0.325 e. The summed E-state index contributed by atoms with van der Waals surface area (Å²) in [4.78, 5) is 35.5. The molecule has 4 aromatic heterocycles. The molecule has 0 aliphatic rings. The predicted octanol–water partition coefficient (Wildman–Crippen LogP) is 5.29. The van der Waals surface area contributed by atoms with E-state index in [4.69, 9.17) is 23.2 Å². The van der Waals surface area contributed by atoms with Gasteiger partial charge in [-0.1, -0.05) is 0 Å². The molecule has 0 aliphatic heterocycles. The van der Waals surface area contributed by atoms with Crippen LogP contribution in [0.2, 0.25) is 10.6 Å². The number of anilines is 2. The van der Waals surface area contributed by atoms with Gasteiger partial charge in [-0.25, -0.2) is 36.2 Å². The van der Waals surface area contributed by atoms with Crippen LogP contribution in [0, 0.1) is 20.2 Å². The minimum Gasteiger partial charge on any atom is -0.369 e. The standard InChI is InChI=1S/2C11H11BrClN5O4S2/c12-7-6-15-11(13)17-10(7)14-4-1-5-16-24(21,22)9-3-2-8(23-9)18(19)20;12-8-5-15-11(13)17-10(8)14-2-1-3-16-24(21,22)9-4-7(6-23-9)18(19)20/h2-3,6,16H,1,4-5H2,(H,14,15,17);4-6,16H,1-3H2,(H,14,15,17). The van der Waals surface area contributed by atoms with Crippen molar-refractivity contribution in [1.82, 2.24) is 29.4 Å². The summed E-state index contributed by atoms with van der Waals surface area (Å²) in [7, 11) is -7.51. The molecule has 0 atom stereocenters. The van der Waals surface area contributed by atoms with Gasteiger partial charge < -0.3 is 10.6 Å². The second kappa shape index (κ2) is 18.4. The molecule has 26 heteroatoms. The van der Waals surface area contributed by atoms with Crippen molar-refractivity contribution in [3.05, 3.63) is 75.7 Å². The van der Waals surface area contributed by atoms with E-state index in [1.54, 1.807) is 0 Å². The number of nitrogens with one attached hydrogen (secondary N) is 4. The topological polar surface area (TPSA) is 254 Å². The van der Waals surface area contributed by atoms with Gasteiger partial charge in [0.05, 0.1) is 24.2 Å². The SMILES string of the molecule is O=[N+]([O-])c1ccc(S(=O)(=O)NCCCNc2nc(Cl)ncc2Br)s1.O=[N+]([O-])c1csc(S(=O)(=O)NCCCNc2nc(Cl)ncc2Br)c1. The van der Waals surface area contributed by atoms with Gasteiger partial charge in [0, 0.05) is 50.7 Å². The molecule has 0 unspecified atom stereocenters. The number of hydrogen-bond donors (Lipinski definition) is 4. The number of halogens is 4. The third-order valence-corrected chi connectivity index (χ3v) is 12.8. The first kappa shape index (κ1) is 39.8. The van der Waals surface area contributed by atoms with Crippen molar-refractivity contribution >= 4 is 120 Å². The van der Waals surface area contributed by atoms with Gasteiger partial charge in [0.2, 0.25) is 30.6 Å². The number of aromatic nitrogens is 4. The fourth-order valence-corrected chi connectivity index (χ4v) is 8.58. The second-order valence-electron chi connectivity index (χ2n) is 8.76. The van der Waals surface area contributed by atoms with Crippen molar-refractivity contribution in [1.29, 1.82) is 0 Å². The average Bonchev–Trinajstić information content (AvgIpc) is 3.73. The van der Waals surface area contributed by atoms with E-state index in [2.05, 4.69) is 71.9 Å². The molecule has 4 aromatic rings. The van der Waals surface area contributed by atoms with Gasteiger partial charge in [0.1, 0.15) is 20.1 Å². The lowest BCUT2D eigenvalue weighted by molar-refractivity contribution is -0.384. The normalized spacial score (nSPS) is 11.4. The Morgan fingerprint density at radius 1 is 0.771 bits per heavy atom. The van der Waals surface area contributed by atoms with Gasteiger partial charge in [-0.05, 0) is 85.3 Å². The van der Waals surface area contributed by atoms with Crippen molar-refractivity contribution in [3.63, 3.8) is 0 Å². The Bertz CT molecular complexity index is 1830. The van der Waals surface area contributed by atoms with E-state index in [0.29, 0.717) is 57.8 Å². The summed E-state index contributed by atoms with van der Waals surface area (Å²) in [6.45, 7) is 1.22. The quantitative estimate of drug-likeness (QED) is 0.0483. The Hall–Kier alpha value is -2.68. The summed E-state index contributed by atoms with van der Waals surface area (Å²) < 4.78 is 53.9. The van der Waals surface area contributed by atoms with Gasteiger partial charge in [-0.2, -0.15) is 9.97 Å². The van der Waals surface area contributed by atoms with Crippen LogP contribution in [-0.2, 0) is 20.0 Å². The molecule has 0 aliphatic carbocycles. The highest BCUT2D eigenvalue weighted by atomic mass is 79.9. The molecule has 0 fully saturated rings. The summed E-state index contributed by atoms with van der Waals surface area (Å²) in [5, 5.41) is 28.3. The van der Waals surface area contributed by atoms with Crippen LogP contribution in [0.1, 0.15) is 12.8 Å². The molecule has 0 aromatic carbocycles. The van der Waals surface area contributed by atoms with E-state index in [1.165, 1.54) is 23.8 Å². The molecule has 0 bridgehead atoms. The molecule has 4 rings (SSSR count). The Labute approximate surface area is 307 Å². The van der Waals surface area contributed by atoms with Gasteiger partial charge in [0.25, 0.3) is 5.69 Å². The van der Waals surface area contributed by atoms with Gasteiger partial charge in [-0.15, -0.1) is 11.3 Å². The zero-order valence-electron chi connectivity index (χ0n) is 23.8. The van der Waals surface area contributed by atoms with Crippen LogP contribution in [-0.4, -0.2) is 72.8 Å². The molecule has 48 heavy (non-hydrogen) atoms. The van der Waals surface area contributed by atoms with Crippen LogP contribution in [0.15, 0.2) is 53.3 Å². The highest BCUT2D eigenvalue weighted by molar-refractivity contribution is 9.11. The number of sulfonamides is 2. The zero-order chi connectivity index (χ0) is 35.5. The van der Waals surface area contributed by atoms with E-state index in [0.717, 1.165) is 23.5 Å². The second-order valence-corrected chi connectivity index (χ2v) is 17.1. The van der Waals surface area contributed by atoms with Crippen molar-refractivity contribution in [2.24, 2.45) is 0 Å². The van der Waals surface area contributed by atoms with Crippen molar-refractivity contribution < 1.29 is 26.7 Å². The lowest BCUT2D eigenvalue weighted by Crippen LogP contribution is -2.25. The number of nitro groups is 2. The highest BCUT2D eigenvalue weighted by Crippen LogP contribution is 2.28. The summed E-state index contributed by atoms with van der Waals surface area (Å²) in [6, 6.07) is 3.41. The first-order valence-electron chi connectivity index (χ1n) is 12.9. The third kappa shape index (κ3) is 12.3. The van der Waals surface area contributed by atoms with Crippen LogP contribution >= 0.6 is 77.7 Å². The number of nitrogens with zero attached hydrogens (tertiary/aromatic N) is 6. The molecule has 0 saturated heterocycles. The number of hydrogen-bond acceptors (Lipinski definition) is 16. The third-order valence-electron chi connectivity index (χ3n) is 5.35. The maximum atomic E-state index is 12.0. The minimum atomic E-state index is -3.75. The average molecular weight is 913 g/mol. The van der Waals surface area contributed by atoms with Crippen molar-refractivity contribution in [3.8, 4) is 0 Å². The molecule has 0 radical (unpaired) electrons. The predicted molar refractivity (Wildman–Crippen MR) is 188 cm³/mol. The monoisotopic (exact) mass is 910 g/mol. The van der Waals surface area contributed by atoms with Crippen LogP contribution in [0.5, 0.6) is 0 Å². The summed E-state index contributed by atoms with van der Waals surface area (Å²) >= 11 is 19.3. The fraction of sp³-hybridized carbons (Fsp3) is 0.273. The Morgan fingerprint density at radius 3 is 1.71 bits per heavy atom. The first-order valence-corrected chi connectivity index (χ1v) is 19.9. The lowest BCUT2D eigenvalue weighted by atomic mass is 10.4. The maximum absolute atomic E-state index is 12.0. The Kier molecular flexibility index (Phi) is 15.2. The highest BCUT2D eigenvalue weighted by Gasteiger charge is 2.21. The zero-order valence-corrected chi connectivity index (χ0v) is 31.8. The number of rotatable bonds is 16. The molecule has 18 nitrogen and oxygen atoms in total. The van der Waals surface area contributed by atoms with E-state index < -0.39 is 29.9 Å². The molecular weight excluding hydrogens is 891 g/mol. The molecule has 0 saturated carbocycles. The summed E-state index contributed by atoms with van der Waals surface area (Å²) in [6.07, 6.45) is 3.95. The van der Waals surface area contributed by atoms with Gasteiger partial charge >= 0.3 is 5.00 Å². The Morgan fingerprint density at radius 2 is 1.27 bits per heavy atom. The largest absolute Gasteiger partial charge is 0.369 e. The number of thiophene rings is 2. The molecule has 4 N–H and O–H groups in total. The molecule has 260 valence electrons. The van der Waals surface area contributed by atoms with E-state index in [1.807, 2.05) is 0 Å². The Balaban J connectivity index is 0.000000260. The molecule has 0 spiro atoms. The van der Waals surface area contributed by atoms with Crippen molar-refractivity contribution in [2.75, 3.05) is 36.8 Å². The molecule has 4 heterocycles. The van der Waals surface area contributed by atoms with Gasteiger partial charge in [0.15, 0.2) is 0 Å². The van der Waals surface area contributed by atoms with E-state index in [9.17, 15) is 37.1 Å². The molecular formula is C22H22Br2Cl2N10O8S4. The first-order chi connectivity index (χ1) is 22.6. The van der Waals surface area contributed by atoms with Crippen LogP contribution < -0.4 is 20.1 Å². The van der Waals surface area contributed by atoms with Crippen LogP contribution in [0.4, 0.5) is 22.3 Å². The lowest BCUT2D eigenvalue weighted by Gasteiger charge is -2.08. The van der Waals surface area contributed by atoms with E-state index >= 15 is 0 Å². The minimum absolute atomic E-state index is 0.0903. The van der Waals surface area contributed by atoms with Gasteiger partial charge in [-0.3, -0.25) is 20.2 Å². The summed E-state index contributed by atoms with van der Waals surface area (Å²) in [5.74, 6) is 1.01. The van der Waals surface area contributed by atoms with Crippen molar-refractivity contribution in [2.45, 2.75) is 21.3 Å². The summed E-state index contributed by atoms with van der Waals surface area (Å²) in [5.41, 5.74) is -0.243. The fourth-order valence-electron chi connectivity index (χ4n) is 3.18. The van der Waals surface area contributed by atoms with Crippen LogP contribution in [0.3, 0.4) is 0 Å². The maximum Gasteiger partial charge on any atom is 0.325 e. The van der Waals surface area contributed by atoms with Crippen LogP contribution in [0.25, 0.3) is 0 Å². The molecule has 0 amide bonds.